The van der Waals surface area contributed by atoms with E-state index in [1.807, 2.05) is 12.1 Å². The molecule has 7 nitrogen and oxygen atoms in total. The number of likely N-dealkylation sites (tertiary alicyclic amines) is 1. The van der Waals surface area contributed by atoms with Crippen LogP contribution in [0.2, 0.25) is 0 Å². The van der Waals surface area contributed by atoms with Gasteiger partial charge >= 0.3 is 0 Å². The summed E-state index contributed by atoms with van der Waals surface area (Å²) in [5, 5.41) is 11.1. The van der Waals surface area contributed by atoms with Gasteiger partial charge in [0.15, 0.2) is 0 Å². The van der Waals surface area contributed by atoms with Gasteiger partial charge in [-0.25, -0.2) is 13.5 Å². The first-order valence-electron chi connectivity index (χ1n) is 10.9. The molecule has 2 N–H and O–H groups in total. The fraction of sp³-hybridized carbons (Fsp3) is 0.391. The third kappa shape index (κ3) is 4.58. The highest BCUT2D eigenvalue weighted by atomic mass is 19.1. The van der Waals surface area contributed by atoms with Crippen molar-refractivity contribution in [2.24, 2.45) is 0 Å². The van der Waals surface area contributed by atoms with Gasteiger partial charge in [0.2, 0.25) is 5.95 Å². The van der Waals surface area contributed by atoms with E-state index in [2.05, 4.69) is 38.6 Å². The third-order valence-electron chi connectivity index (χ3n) is 6.11. The SMILES string of the molecule is Cc1cc(Nc2ncn(-c3cc(F)cc(F)c3)n2)ccc1NC1CCN(C2COC2)CC1. The van der Waals surface area contributed by atoms with E-state index < -0.39 is 11.6 Å². The summed E-state index contributed by atoms with van der Waals surface area (Å²) in [6, 6.07) is 10.4. The summed E-state index contributed by atoms with van der Waals surface area (Å²) in [6.07, 6.45) is 3.66. The second kappa shape index (κ2) is 8.84. The van der Waals surface area contributed by atoms with Crippen molar-refractivity contribution in [1.29, 1.82) is 0 Å². The predicted octanol–water partition coefficient (Wildman–Crippen LogP) is 3.87. The molecule has 32 heavy (non-hydrogen) atoms. The third-order valence-corrected chi connectivity index (χ3v) is 6.11. The molecule has 0 unspecified atom stereocenters. The lowest BCUT2D eigenvalue weighted by Crippen LogP contribution is -2.53. The molecule has 0 amide bonds. The minimum atomic E-state index is -0.661. The van der Waals surface area contributed by atoms with Crippen LogP contribution in [-0.2, 0) is 4.74 Å². The zero-order chi connectivity index (χ0) is 22.1. The van der Waals surface area contributed by atoms with Gasteiger partial charge in [0, 0.05) is 36.6 Å². The van der Waals surface area contributed by atoms with Crippen molar-refractivity contribution in [2.45, 2.75) is 31.8 Å². The molecule has 0 aliphatic carbocycles. The molecule has 2 aliphatic heterocycles. The van der Waals surface area contributed by atoms with Gasteiger partial charge in [-0.1, -0.05) is 0 Å². The van der Waals surface area contributed by atoms with Crippen LogP contribution < -0.4 is 10.6 Å². The predicted molar refractivity (Wildman–Crippen MR) is 119 cm³/mol. The van der Waals surface area contributed by atoms with E-state index in [-0.39, 0.29) is 5.69 Å². The number of nitrogens with one attached hydrogen (secondary N) is 2. The molecule has 2 aromatic carbocycles. The number of rotatable bonds is 6. The fourth-order valence-electron chi connectivity index (χ4n) is 4.21. The van der Waals surface area contributed by atoms with Gasteiger partial charge in [-0.3, -0.25) is 4.90 Å². The van der Waals surface area contributed by atoms with E-state index in [1.165, 1.54) is 23.1 Å². The average Bonchev–Trinajstić information content (AvgIpc) is 3.18. The lowest BCUT2D eigenvalue weighted by Gasteiger charge is -2.41. The largest absolute Gasteiger partial charge is 0.382 e. The smallest absolute Gasteiger partial charge is 0.246 e. The van der Waals surface area contributed by atoms with Crippen LogP contribution in [0.5, 0.6) is 0 Å². The second-order valence-electron chi connectivity index (χ2n) is 8.44. The zero-order valence-corrected chi connectivity index (χ0v) is 17.9. The molecule has 3 aromatic rings. The molecule has 5 rings (SSSR count). The Balaban J connectivity index is 1.20. The number of aromatic nitrogens is 3. The van der Waals surface area contributed by atoms with Crippen LogP contribution in [0.1, 0.15) is 18.4 Å². The van der Waals surface area contributed by atoms with E-state index in [0.717, 1.165) is 62.1 Å². The molecular formula is C23H26F2N6O. The topological polar surface area (TPSA) is 67.2 Å². The summed E-state index contributed by atoms with van der Waals surface area (Å²) in [4.78, 5) is 6.73. The number of piperidine rings is 1. The Kier molecular flexibility index (Phi) is 5.75. The zero-order valence-electron chi connectivity index (χ0n) is 17.9. The molecule has 0 saturated carbocycles. The summed E-state index contributed by atoms with van der Waals surface area (Å²) in [5.41, 5.74) is 3.36. The van der Waals surface area contributed by atoms with Crippen molar-refractivity contribution < 1.29 is 13.5 Å². The van der Waals surface area contributed by atoms with Gasteiger partial charge in [0.25, 0.3) is 0 Å². The number of benzene rings is 2. The number of ether oxygens (including phenoxy) is 1. The van der Waals surface area contributed by atoms with E-state index >= 15 is 0 Å². The molecule has 9 heteroatoms. The quantitative estimate of drug-likeness (QED) is 0.607. The van der Waals surface area contributed by atoms with Gasteiger partial charge in [-0.2, -0.15) is 4.98 Å². The molecular weight excluding hydrogens is 414 g/mol. The normalized spacial score (nSPS) is 17.8. The van der Waals surface area contributed by atoms with Crippen molar-refractivity contribution in [2.75, 3.05) is 36.9 Å². The lowest BCUT2D eigenvalue weighted by molar-refractivity contribution is -0.0705. The summed E-state index contributed by atoms with van der Waals surface area (Å²) in [6.45, 7) is 6.02. The van der Waals surface area contributed by atoms with Gasteiger partial charge in [0.1, 0.15) is 18.0 Å². The van der Waals surface area contributed by atoms with Crippen molar-refractivity contribution in [3.05, 3.63) is 59.9 Å². The summed E-state index contributed by atoms with van der Waals surface area (Å²) < 4.78 is 33.6. The number of hydrogen-bond acceptors (Lipinski definition) is 6. The van der Waals surface area contributed by atoms with Gasteiger partial charge in [-0.05, 0) is 55.7 Å². The number of halogens is 2. The Morgan fingerprint density at radius 3 is 2.44 bits per heavy atom. The first-order chi connectivity index (χ1) is 15.5. The Morgan fingerprint density at radius 1 is 1.03 bits per heavy atom. The average molecular weight is 440 g/mol. The van der Waals surface area contributed by atoms with Crippen LogP contribution in [0.25, 0.3) is 5.69 Å². The van der Waals surface area contributed by atoms with Crippen LogP contribution in [0.15, 0.2) is 42.7 Å². The molecule has 0 radical (unpaired) electrons. The van der Waals surface area contributed by atoms with E-state index in [1.54, 1.807) is 0 Å². The Labute approximate surface area is 185 Å². The molecule has 2 saturated heterocycles. The summed E-state index contributed by atoms with van der Waals surface area (Å²) >= 11 is 0. The van der Waals surface area contributed by atoms with Crippen LogP contribution in [0, 0.1) is 18.6 Å². The fourth-order valence-corrected chi connectivity index (χ4v) is 4.21. The van der Waals surface area contributed by atoms with Gasteiger partial charge in [0.05, 0.1) is 24.9 Å². The van der Waals surface area contributed by atoms with Crippen molar-refractivity contribution in [1.82, 2.24) is 19.7 Å². The highest BCUT2D eigenvalue weighted by Crippen LogP contribution is 2.25. The van der Waals surface area contributed by atoms with Crippen molar-refractivity contribution in [3.8, 4) is 5.69 Å². The Hall–Kier alpha value is -3.04. The molecule has 2 fully saturated rings. The Bertz CT molecular complexity index is 1070. The van der Waals surface area contributed by atoms with Gasteiger partial charge < -0.3 is 15.4 Å². The van der Waals surface area contributed by atoms with E-state index in [4.69, 9.17) is 4.74 Å². The maximum Gasteiger partial charge on any atom is 0.246 e. The molecule has 2 aliphatic rings. The van der Waals surface area contributed by atoms with Crippen LogP contribution in [0.3, 0.4) is 0 Å². The molecule has 1 aromatic heterocycles. The van der Waals surface area contributed by atoms with Crippen LogP contribution >= 0.6 is 0 Å². The van der Waals surface area contributed by atoms with E-state index in [9.17, 15) is 8.78 Å². The van der Waals surface area contributed by atoms with E-state index in [0.29, 0.717) is 18.0 Å². The van der Waals surface area contributed by atoms with Crippen molar-refractivity contribution in [3.63, 3.8) is 0 Å². The van der Waals surface area contributed by atoms with Crippen molar-refractivity contribution >= 4 is 17.3 Å². The monoisotopic (exact) mass is 440 g/mol. The highest BCUT2D eigenvalue weighted by Gasteiger charge is 2.29. The number of anilines is 3. The number of aryl methyl sites for hydroxylation is 1. The van der Waals surface area contributed by atoms with Gasteiger partial charge in [-0.15, -0.1) is 5.10 Å². The standard InChI is InChI=1S/C23H26F2N6O/c1-15-8-19(28-23-26-14-31(29-23)20-10-16(24)9-17(25)11-20)2-3-22(15)27-18-4-6-30(7-5-18)21-12-32-13-21/h2-3,8-11,14,18,21,27H,4-7,12-13H2,1H3,(H,28,29). The highest BCUT2D eigenvalue weighted by molar-refractivity contribution is 5.62. The first-order valence-corrected chi connectivity index (χ1v) is 10.9. The van der Waals surface area contributed by atoms with Crippen LogP contribution in [-0.4, -0.2) is 58.1 Å². The summed E-state index contributed by atoms with van der Waals surface area (Å²) in [7, 11) is 0. The molecule has 0 bridgehead atoms. The number of nitrogens with zero attached hydrogens (tertiary/aromatic N) is 4. The molecule has 168 valence electrons. The number of hydrogen-bond donors (Lipinski definition) is 2. The lowest BCUT2D eigenvalue weighted by atomic mass is 10.0. The maximum absolute atomic E-state index is 13.5. The minimum Gasteiger partial charge on any atom is -0.382 e. The molecule has 0 atom stereocenters. The molecule has 3 heterocycles. The first kappa shape index (κ1) is 20.8. The maximum atomic E-state index is 13.5. The molecule has 0 spiro atoms. The second-order valence-corrected chi connectivity index (χ2v) is 8.44. The Morgan fingerprint density at radius 2 is 1.78 bits per heavy atom. The minimum absolute atomic E-state index is 0.273. The van der Waals surface area contributed by atoms with Crippen LogP contribution in [0.4, 0.5) is 26.1 Å². The summed E-state index contributed by atoms with van der Waals surface area (Å²) in [5.74, 6) is -0.972.